The van der Waals surface area contributed by atoms with E-state index in [1.54, 1.807) is 36.1 Å². The molecular formula is C18H21BrN2O4. The summed E-state index contributed by atoms with van der Waals surface area (Å²) in [5.74, 6) is 0.939. The van der Waals surface area contributed by atoms with Crippen molar-refractivity contribution in [3.8, 4) is 11.5 Å². The second-order valence-corrected chi connectivity index (χ2v) is 6.29. The highest BCUT2D eigenvalue weighted by Gasteiger charge is 2.06. The van der Waals surface area contributed by atoms with Gasteiger partial charge >= 0.3 is 0 Å². The van der Waals surface area contributed by atoms with E-state index in [4.69, 9.17) is 9.47 Å². The summed E-state index contributed by atoms with van der Waals surface area (Å²) >= 11 is 3.35. The summed E-state index contributed by atoms with van der Waals surface area (Å²) in [6.07, 6.45) is 3.34. The Bertz CT molecular complexity index is 761. The third-order valence-electron chi connectivity index (χ3n) is 3.52. The van der Waals surface area contributed by atoms with Crippen LogP contribution in [0.3, 0.4) is 0 Å². The second kappa shape index (κ2) is 9.88. The van der Waals surface area contributed by atoms with E-state index in [1.807, 2.05) is 12.1 Å². The molecule has 0 aliphatic carbocycles. The Hall–Kier alpha value is -2.28. The molecule has 0 saturated heterocycles. The van der Waals surface area contributed by atoms with Gasteiger partial charge in [0.15, 0.2) is 18.1 Å². The van der Waals surface area contributed by atoms with Crippen molar-refractivity contribution in [3.05, 3.63) is 57.4 Å². The van der Waals surface area contributed by atoms with Crippen molar-refractivity contribution in [2.45, 2.75) is 19.4 Å². The second-order valence-electron chi connectivity index (χ2n) is 5.38. The number of benzene rings is 1. The van der Waals surface area contributed by atoms with Gasteiger partial charge in [-0.05, 0) is 47.0 Å². The third kappa shape index (κ3) is 6.26. The van der Waals surface area contributed by atoms with E-state index in [2.05, 4.69) is 21.2 Å². The van der Waals surface area contributed by atoms with Crippen LogP contribution in [0.1, 0.15) is 12.8 Å². The summed E-state index contributed by atoms with van der Waals surface area (Å²) in [6.45, 7) is 1.09. The highest BCUT2D eigenvalue weighted by molar-refractivity contribution is 9.10. The first-order valence-electron chi connectivity index (χ1n) is 7.98. The number of methoxy groups -OCH3 is 1. The van der Waals surface area contributed by atoms with Crippen LogP contribution in [-0.4, -0.2) is 30.7 Å². The van der Waals surface area contributed by atoms with Crippen LogP contribution in [0, 0.1) is 0 Å². The predicted molar refractivity (Wildman–Crippen MR) is 99.1 cm³/mol. The number of nitrogens with one attached hydrogen (secondary N) is 1. The minimum absolute atomic E-state index is 0.0301. The van der Waals surface area contributed by atoms with Crippen LogP contribution in [0.4, 0.5) is 0 Å². The number of nitrogens with zero attached hydrogens (tertiary/aromatic N) is 1. The number of ether oxygens (including phenoxy) is 2. The number of hydrogen-bond acceptors (Lipinski definition) is 4. The van der Waals surface area contributed by atoms with Crippen molar-refractivity contribution >= 4 is 21.8 Å². The van der Waals surface area contributed by atoms with Crippen molar-refractivity contribution in [1.29, 1.82) is 0 Å². The van der Waals surface area contributed by atoms with E-state index in [0.717, 1.165) is 17.3 Å². The number of carbonyl (C=O) groups is 1. The van der Waals surface area contributed by atoms with Crippen LogP contribution in [0.5, 0.6) is 11.5 Å². The number of rotatable bonds is 9. The molecule has 0 fully saturated rings. The standard InChI is InChI=1S/C18H21BrN2O4/c1-24-15-6-2-3-7-16(15)25-13-17(22)20-10-4-5-11-21-12-14(19)8-9-18(21)23/h2-3,6-9,12H,4-5,10-11,13H2,1H3,(H,20,22). The maximum atomic E-state index is 11.8. The van der Waals surface area contributed by atoms with Crippen LogP contribution >= 0.6 is 15.9 Å². The Morgan fingerprint density at radius 1 is 1.16 bits per heavy atom. The molecule has 0 unspecified atom stereocenters. The molecule has 0 bridgehead atoms. The smallest absolute Gasteiger partial charge is 0.257 e. The molecule has 25 heavy (non-hydrogen) atoms. The molecule has 134 valence electrons. The van der Waals surface area contributed by atoms with Gasteiger partial charge in [0.05, 0.1) is 7.11 Å². The number of aryl methyl sites for hydroxylation is 1. The lowest BCUT2D eigenvalue weighted by atomic mass is 10.3. The van der Waals surface area contributed by atoms with Crippen molar-refractivity contribution in [2.75, 3.05) is 20.3 Å². The Balaban J connectivity index is 1.65. The van der Waals surface area contributed by atoms with E-state index in [-0.39, 0.29) is 18.1 Å². The van der Waals surface area contributed by atoms with Crippen molar-refractivity contribution < 1.29 is 14.3 Å². The van der Waals surface area contributed by atoms with Crippen LogP contribution in [0.15, 0.2) is 51.9 Å². The molecule has 1 heterocycles. The molecule has 2 rings (SSSR count). The largest absolute Gasteiger partial charge is 0.493 e. The molecule has 0 spiro atoms. The van der Waals surface area contributed by atoms with E-state index in [0.29, 0.717) is 24.6 Å². The Morgan fingerprint density at radius 3 is 2.68 bits per heavy atom. The summed E-state index contributed by atoms with van der Waals surface area (Å²) in [5.41, 5.74) is -0.0301. The zero-order valence-electron chi connectivity index (χ0n) is 14.0. The van der Waals surface area contributed by atoms with Gasteiger partial charge in [0.2, 0.25) is 0 Å². The van der Waals surface area contributed by atoms with E-state index in [9.17, 15) is 9.59 Å². The molecule has 0 aliphatic rings. The van der Waals surface area contributed by atoms with E-state index >= 15 is 0 Å². The van der Waals surface area contributed by atoms with Gasteiger partial charge in [-0.1, -0.05) is 12.1 Å². The quantitative estimate of drug-likeness (QED) is 0.647. The average Bonchev–Trinajstić information content (AvgIpc) is 2.62. The highest BCUT2D eigenvalue weighted by Crippen LogP contribution is 2.25. The number of carbonyl (C=O) groups excluding carboxylic acids is 1. The van der Waals surface area contributed by atoms with Gasteiger partial charge in [0, 0.05) is 29.8 Å². The van der Waals surface area contributed by atoms with Gasteiger partial charge in [0.1, 0.15) is 0 Å². The van der Waals surface area contributed by atoms with E-state index in [1.165, 1.54) is 6.07 Å². The van der Waals surface area contributed by atoms with Gasteiger partial charge in [-0.2, -0.15) is 0 Å². The van der Waals surface area contributed by atoms with Crippen LogP contribution in [-0.2, 0) is 11.3 Å². The maximum absolute atomic E-state index is 11.8. The third-order valence-corrected chi connectivity index (χ3v) is 3.99. The van der Waals surface area contributed by atoms with Crippen molar-refractivity contribution in [3.63, 3.8) is 0 Å². The summed E-state index contributed by atoms with van der Waals surface area (Å²) in [4.78, 5) is 23.5. The topological polar surface area (TPSA) is 69.6 Å². The fraction of sp³-hybridized carbons (Fsp3) is 0.333. The molecule has 0 atom stereocenters. The molecule has 0 aliphatic heterocycles. The van der Waals surface area contributed by atoms with Gasteiger partial charge < -0.3 is 19.4 Å². The number of pyridine rings is 1. The lowest BCUT2D eigenvalue weighted by molar-refractivity contribution is -0.123. The average molecular weight is 409 g/mol. The number of halogens is 1. The van der Waals surface area contributed by atoms with Gasteiger partial charge in [0.25, 0.3) is 11.5 Å². The number of amides is 1. The monoisotopic (exact) mass is 408 g/mol. The first-order chi connectivity index (χ1) is 12.1. The van der Waals surface area contributed by atoms with Crippen molar-refractivity contribution in [2.24, 2.45) is 0 Å². The van der Waals surface area contributed by atoms with Gasteiger partial charge in [-0.15, -0.1) is 0 Å². The summed E-state index contributed by atoms with van der Waals surface area (Å²) < 4.78 is 13.1. The molecule has 0 radical (unpaired) electrons. The Morgan fingerprint density at radius 2 is 1.92 bits per heavy atom. The lowest BCUT2D eigenvalue weighted by Gasteiger charge is -2.10. The summed E-state index contributed by atoms with van der Waals surface area (Å²) in [6, 6.07) is 10.4. The fourth-order valence-corrected chi connectivity index (χ4v) is 2.62. The minimum atomic E-state index is -0.189. The Kier molecular flexibility index (Phi) is 7.53. The first kappa shape index (κ1) is 19.1. The zero-order valence-corrected chi connectivity index (χ0v) is 15.6. The Labute approximate surface area is 154 Å². The molecule has 7 heteroatoms. The number of unbranched alkanes of at least 4 members (excludes halogenated alkanes) is 1. The number of aromatic nitrogens is 1. The molecule has 0 saturated carbocycles. The van der Waals surface area contributed by atoms with Crippen LogP contribution in [0.2, 0.25) is 0 Å². The lowest BCUT2D eigenvalue weighted by Crippen LogP contribution is -2.30. The van der Waals surface area contributed by atoms with Crippen LogP contribution in [0.25, 0.3) is 0 Å². The number of para-hydroxylation sites is 2. The minimum Gasteiger partial charge on any atom is -0.493 e. The van der Waals surface area contributed by atoms with Crippen molar-refractivity contribution in [1.82, 2.24) is 9.88 Å². The molecule has 1 aromatic carbocycles. The molecule has 1 aromatic heterocycles. The summed E-state index contributed by atoms with van der Waals surface area (Å²) in [7, 11) is 1.55. The molecule has 1 amide bonds. The molecule has 6 nitrogen and oxygen atoms in total. The van der Waals surface area contributed by atoms with E-state index < -0.39 is 0 Å². The fourth-order valence-electron chi connectivity index (χ4n) is 2.24. The highest BCUT2D eigenvalue weighted by atomic mass is 79.9. The maximum Gasteiger partial charge on any atom is 0.257 e. The predicted octanol–water partition coefficient (Wildman–Crippen LogP) is 2.59. The summed E-state index contributed by atoms with van der Waals surface area (Å²) in [5, 5.41) is 2.80. The molecule has 1 N–H and O–H groups in total. The van der Waals surface area contributed by atoms with Gasteiger partial charge in [-0.25, -0.2) is 0 Å². The normalized spacial score (nSPS) is 10.3. The van der Waals surface area contributed by atoms with Crippen LogP contribution < -0.4 is 20.3 Å². The van der Waals surface area contributed by atoms with Gasteiger partial charge in [-0.3, -0.25) is 9.59 Å². The zero-order chi connectivity index (χ0) is 18.1. The first-order valence-corrected chi connectivity index (χ1v) is 8.78. The SMILES string of the molecule is COc1ccccc1OCC(=O)NCCCCn1cc(Br)ccc1=O. The molecular weight excluding hydrogens is 388 g/mol. The molecule has 2 aromatic rings. The number of hydrogen-bond donors (Lipinski definition) is 1.